The molecule has 0 rings (SSSR count). The lowest BCUT2D eigenvalue weighted by Crippen LogP contribution is -2.24. The van der Waals surface area contributed by atoms with Gasteiger partial charge in [-0.1, -0.05) is 7.43 Å². The van der Waals surface area contributed by atoms with E-state index in [1.54, 1.807) is 0 Å². The molecule has 60 valence electrons. The average Bonchev–Trinajstić information content (AvgIpc) is 1.63. The van der Waals surface area contributed by atoms with Gasteiger partial charge in [-0.15, -0.1) is 10.1 Å². The van der Waals surface area contributed by atoms with Crippen LogP contribution in [0.1, 0.15) is 13.8 Å². The van der Waals surface area contributed by atoms with E-state index < -0.39 is 24.1 Å². The maximum atomic E-state index is 9.57. The Kier molecular flexibility index (Phi) is 6.65. The zero-order valence-electron chi connectivity index (χ0n) is 4.40. The number of carbonyl (C=O) groups is 1. The molecule has 0 aliphatic rings. The topological polar surface area (TPSA) is 92.5 Å². The summed E-state index contributed by atoms with van der Waals surface area (Å²) in [7, 11) is 0. The van der Waals surface area contributed by atoms with Crippen LogP contribution in [0, 0.1) is 10.1 Å². The molecule has 0 amide bonds. The van der Waals surface area contributed by atoms with E-state index in [0.717, 1.165) is 0 Å². The van der Waals surface area contributed by atoms with Gasteiger partial charge in [0, 0.05) is 12.4 Å². The fourth-order valence-corrected chi connectivity index (χ4v) is 0.204. The van der Waals surface area contributed by atoms with Gasteiger partial charge in [0.25, 0.3) is 5.09 Å². The molecule has 0 aromatic rings. The third kappa shape index (κ3) is 9.83. The van der Waals surface area contributed by atoms with Gasteiger partial charge >= 0.3 is 0 Å². The molecule has 0 heterocycles. The molecule has 0 aromatic heterocycles. The molecule has 6 heteroatoms. The second kappa shape index (κ2) is 5.80. The predicted molar refractivity (Wildman–Crippen MR) is 29.3 cm³/mol. The van der Waals surface area contributed by atoms with Crippen molar-refractivity contribution in [1.29, 1.82) is 0 Å². The Morgan fingerprint density at radius 3 is 2.40 bits per heavy atom. The first-order valence-corrected chi connectivity index (χ1v) is 2.10. The highest BCUT2D eigenvalue weighted by Gasteiger charge is 1.92. The third-order valence-electron chi connectivity index (χ3n) is 0.503. The van der Waals surface area contributed by atoms with Gasteiger partial charge in [0.05, 0.1) is 0 Å². The van der Waals surface area contributed by atoms with Gasteiger partial charge in [-0.25, -0.2) is 0 Å². The van der Waals surface area contributed by atoms with Gasteiger partial charge in [0.2, 0.25) is 0 Å². The SMILES string of the molecule is C.O=C([O-])CCO[N+](=O)[O-]. The van der Waals surface area contributed by atoms with Crippen molar-refractivity contribution in [3.8, 4) is 0 Å². The van der Waals surface area contributed by atoms with Gasteiger partial charge in [0.1, 0.15) is 6.61 Å². The van der Waals surface area contributed by atoms with Crippen LogP contribution in [0.25, 0.3) is 0 Å². The summed E-state index contributed by atoms with van der Waals surface area (Å²) in [6.07, 6.45) is -0.457. The fourth-order valence-electron chi connectivity index (χ4n) is 0.204. The molecule has 6 nitrogen and oxygen atoms in total. The van der Waals surface area contributed by atoms with Crippen LogP contribution < -0.4 is 5.11 Å². The Labute approximate surface area is 57.5 Å². The maximum Gasteiger partial charge on any atom is 0.294 e. The van der Waals surface area contributed by atoms with Crippen molar-refractivity contribution < 1.29 is 19.8 Å². The Bertz CT molecular complexity index is 109. The first kappa shape index (κ1) is 11.5. The number of aliphatic carboxylic acids is 1. The summed E-state index contributed by atoms with van der Waals surface area (Å²) < 4.78 is 0. The first-order valence-electron chi connectivity index (χ1n) is 2.10. The lowest BCUT2D eigenvalue weighted by Gasteiger charge is -1.97. The Morgan fingerprint density at radius 1 is 1.60 bits per heavy atom. The monoisotopic (exact) mass is 150 g/mol. The molecule has 10 heavy (non-hydrogen) atoms. The average molecular weight is 150 g/mol. The van der Waals surface area contributed by atoms with Gasteiger partial charge in [-0.3, -0.25) is 0 Å². The van der Waals surface area contributed by atoms with Crippen LogP contribution in [0.4, 0.5) is 0 Å². The molecule has 0 radical (unpaired) electrons. The lowest BCUT2D eigenvalue weighted by atomic mass is 10.5. The smallest absolute Gasteiger partial charge is 0.294 e. The van der Waals surface area contributed by atoms with Crippen LogP contribution in [-0.4, -0.2) is 17.7 Å². The molecule has 0 unspecified atom stereocenters. The van der Waals surface area contributed by atoms with Crippen molar-refractivity contribution in [1.82, 2.24) is 0 Å². The Balaban J connectivity index is 0. The highest BCUT2D eigenvalue weighted by atomic mass is 16.9. The summed E-state index contributed by atoms with van der Waals surface area (Å²) in [6, 6.07) is 0. The van der Waals surface area contributed by atoms with Crippen molar-refractivity contribution in [2.75, 3.05) is 6.61 Å². The normalized spacial score (nSPS) is 7.60. The van der Waals surface area contributed by atoms with Crippen LogP contribution in [0.2, 0.25) is 0 Å². The van der Waals surface area contributed by atoms with Crippen molar-refractivity contribution >= 4 is 5.97 Å². The molecule has 0 aliphatic carbocycles. The lowest BCUT2D eigenvalue weighted by molar-refractivity contribution is -0.757. The molecule has 0 spiro atoms. The largest absolute Gasteiger partial charge is 0.550 e. The summed E-state index contributed by atoms with van der Waals surface area (Å²) in [4.78, 5) is 22.6. The molecular formula is C4H8NO5-. The van der Waals surface area contributed by atoms with Crippen molar-refractivity contribution in [3.63, 3.8) is 0 Å². The fraction of sp³-hybridized carbons (Fsp3) is 0.750. The second-order valence-corrected chi connectivity index (χ2v) is 1.18. The predicted octanol–water partition coefficient (Wildman–Crippen LogP) is -1.03. The number of carbonyl (C=O) groups excluding carboxylic acids is 1. The summed E-state index contributed by atoms with van der Waals surface area (Å²) in [6.45, 7) is -0.449. The zero-order chi connectivity index (χ0) is 7.28. The minimum Gasteiger partial charge on any atom is -0.550 e. The molecule has 0 N–H and O–H groups in total. The third-order valence-corrected chi connectivity index (χ3v) is 0.503. The number of nitrogens with zero attached hydrogens (tertiary/aromatic N) is 1. The van der Waals surface area contributed by atoms with E-state index in [-0.39, 0.29) is 7.43 Å². The first-order chi connectivity index (χ1) is 4.13. The standard InChI is InChI=1S/C3H5NO5.CH4/c5-3(6)1-2-9-4(7)8;/h1-2H2,(H,5,6);1H4/p-1. The van der Waals surface area contributed by atoms with E-state index in [9.17, 15) is 20.0 Å². The molecule has 0 aromatic carbocycles. The van der Waals surface area contributed by atoms with Crippen molar-refractivity contribution in [2.45, 2.75) is 13.8 Å². The number of hydrogen-bond donors (Lipinski definition) is 0. The Morgan fingerprint density at radius 2 is 2.10 bits per heavy atom. The quantitative estimate of drug-likeness (QED) is 0.377. The molecule has 0 aliphatic heterocycles. The molecule has 0 saturated carbocycles. The molecule has 0 atom stereocenters. The van der Waals surface area contributed by atoms with Gasteiger partial charge < -0.3 is 14.7 Å². The summed E-state index contributed by atoms with van der Waals surface area (Å²) >= 11 is 0. The Hall–Kier alpha value is -1.33. The minimum absolute atomic E-state index is 0. The van der Waals surface area contributed by atoms with E-state index in [1.807, 2.05) is 0 Å². The van der Waals surface area contributed by atoms with Gasteiger partial charge in [-0.05, 0) is 0 Å². The summed E-state index contributed by atoms with van der Waals surface area (Å²) in [5.74, 6) is -1.36. The van der Waals surface area contributed by atoms with Crippen molar-refractivity contribution in [3.05, 3.63) is 10.1 Å². The number of carboxylic acids is 1. The van der Waals surface area contributed by atoms with Crippen LogP contribution >= 0.6 is 0 Å². The van der Waals surface area contributed by atoms with Crippen LogP contribution in [-0.2, 0) is 9.63 Å². The molecule has 0 bridgehead atoms. The highest BCUT2D eigenvalue weighted by molar-refractivity contribution is 5.64. The van der Waals surface area contributed by atoms with E-state index in [0.29, 0.717) is 0 Å². The van der Waals surface area contributed by atoms with E-state index in [4.69, 9.17) is 0 Å². The summed E-state index contributed by atoms with van der Waals surface area (Å²) in [5.41, 5.74) is 0. The number of rotatable bonds is 4. The van der Waals surface area contributed by atoms with E-state index in [2.05, 4.69) is 4.84 Å². The van der Waals surface area contributed by atoms with Crippen LogP contribution in [0.3, 0.4) is 0 Å². The maximum absolute atomic E-state index is 9.57. The highest BCUT2D eigenvalue weighted by Crippen LogP contribution is 1.79. The summed E-state index contributed by atoms with van der Waals surface area (Å²) in [5, 5.41) is 17.9. The second-order valence-electron chi connectivity index (χ2n) is 1.18. The van der Waals surface area contributed by atoms with Crippen LogP contribution in [0.5, 0.6) is 0 Å². The minimum atomic E-state index is -1.36. The van der Waals surface area contributed by atoms with E-state index >= 15 is 0 Å². The van der Waals surface area contributed by atoms with Gasteiger partial charge in [-0.2, -0.15) is 0 Å². The van der Waals surface area contributed by atoms with Crippen molar-refractivity contribution in [2.24, 2.45) is 0 Å². The zero-order valence-corrected chi connectivity index (χ0v) is 4.40. The van der Waals surface area contributed by atoms with Crippen LogP contribution in [0.15, 0.2) is 0 Å². The van der Waals surface area contributed by atoms with Gasteiger partial charge in [0.15, 0.2) is 0 Å². The molecule has 0 saturated heterocycles. The number of carboxylic acid groups (broad SMARTS) is 1. The number of hydrogen-bond acceptors (Lipinski definition) is 5. The molecule has 0 fully saturated rings. The molecular weight excluding hydrogens is 142 g/mol. The van der Waals surface area contributed by atoms with E-state index in [1.165, 1.54) is 0 Å².